The van der Waals surface area contributed by atoms with E-state index >= 15 is 0 Å². The van der Waals surface area contributed by atoms with E-state index in [1.807, 2.05) is 11.4 Å². The summed E-state index contributed by atoms with van der Waals surface area (Å²) in [6, 6.07) is 0. The van der Waals surface area contributed by atoms with Crippen molar-refractivity contribution in [3.05, 3.63) is 24.6 Å². The van der Waals surface area contributed by atoms with Crippen LogP contribution in [0.1, 0.15) is 0 Å². The molecule has 0 aliphatic carbocycles. The van der Waals surface area contributed by atoms with Crippen molar-refractivity contribution >= 4 is 41.4 Å². The molecule has 0 atom stereocenters. The standard InChI is InChI=1S/C8H18OSi2.6ClH.Pt/c1-7-10(3,4)9-11(5,6)8-2;;;;;;;/h7-8H,1-2H2,3-6H3;6*1H;/q;;;;;;;+4/p-4. The first-order valence-electron chi connectivity index (χ1n) is 3.80. The van der Waals surface area contributed by atoms with E-state index in [1.54, 1.807) is 0 Å². The molecule has 0 aromatic heterocycles. The van der Waals surface area contributed by atoms with Crippen LogP contribution in [0.15, 0.2) is 24.6 Å². The molecule has 0 bridgehead atoms. The summed E-state index contributed by atoms with van der Waals surface area (Å²) in [7, 11) is -3.16. The molecular formula is C8H20Cl6OPtSi2. The van der Waals surface area contributed by atoms with Crippen molar-refractivity contribution in [3.8, 4) is 0 Å². The molecule has 0 spiro atoms. The van der Waals surface area contributed by atoms with Crippen LogP contribution in [0, 0.1) is 0 Å². The van der Waals surface area contributed by atoms with Crippen LogP contribution in [0.3, 0.4) is 0 Å². The van der Waals surface area contributed by atoms with Gasteiger partial charge in [0.05, 0.1) is 0 Å². The molecule has 0 amide bonds. The van der Waals surface area contributed by atoms with Crippen LogP contribution in [0.5, 0.6) is 0 Å². The zero-order valence-corrected chi connectivity index (χ0v) is 19.6. The summed E-state index contributed by atoms with van der Waals surface area (Å²) < 4.78 is 5.97. The molecule has 1 nitrogen and oxygen atoms in total. The maximum Gasteiger partial charge on any atom is 4.00 e. The van der Waals surface area contributed by atoms with Crippen LogP contribution < -0.4 is 49.6 Å². The molecule has 0 aliphatic rings. The third kappa shape index (κ3) is 26.8. The van der Waals surface area contributed by atoms with Crippen molar-refractivity contribution in [1.82, 2.24) is 0 Å². The summed E-state index contributed by atoms with van der Waals surface area (Å²) >= 11 is 0. The Bertz CT molecular complexity index is 165. The van der Waals surface area contributed by atoms with Gasteiger partial charge in [0.2, 0.25) is 0 Å². The molecule has 0 saturated carbocycles. The molecule has 10 heteroatoms. The Balaban J connectivity index is -0.0000000238. The summed E-state index contributed by atoms with van der Waals surface area (Å²) in [5, 5.41) is 0. The van der Waals surface area contributed by atoms with Crippen LogP contribution in [-0.4, -0.2) is 16.6 Å². The largest absolute Gasteiger partial charge is 4.00 e. The Kier molecular flexibility index (Phi) is 60.0. The fraction of sp³-hybridized carbons (Fsp3) is 0.500. The molecule has 0 aromatic rings. The number of halogens is 6. The van der Waals surface area contributed by atoms with Gasteiger partial charge in [-0.3, -0.25) is 0 Å². The molecule has 0 fully saturated rings. The Morgan fingerprint density at radius 1 is 0.722 bits per heavy atom. The number of rotatable bonds is 4. The zero-order chi connectivity index (χ0) is 9.12. The summed E-state index contributed by atoms with van der Waals surface area (Å²) in [5.74, 6) is 0. The summed E-state index contributed by atoms with van der Waals surface area (Å²) in [6.07, 6.45) is 0. The minimum atomic E-state index is -1.58. The maximum atomic E-state index is 5.97. The van der Waals surface area contributed by atoms with Crippen LogP contribution in [0.2, 0.25) is 26.2 Å². The fourth-order valence-electron chi connectivity index (χ4n) is 0.761. The van der Waals surface area contributed by atoms with Crippen LogP contribution >= 0.6 is 24.8 Å². The van der Waals surface area contributed by atoms with E-state index in [2.05, 4.69) is 39.3 Å². The van der Waals surface area contributed by atoms with Crippen LogP contribution in [0.4, 0.5) is 0 Å². The Hall–Kier alpha value is 2.30. The maximum absolute atomic E-state index is 5.97. The van der Waals surface area contributed by atoms with Crippen molar-refractivity contribution in [2.75, 3.05) is 0 Å². The smallest absolute Gasteiger partial charge is 1.00 e. The van der Waals surface area contributed by atoms with Crippen molar-refractivity contribution in [2.24, 2.45) is 0 Å². The van der Waals surface area contributed by atoms with Crippen molar-refractivity contribution in [3.63, 3.8) is 0 Å². The molecule has 0 N–H and O–H groups in total. The molecule has 0 aliphatic heterocycles. The first-order valence-corrected chi connectivity index (χ1v) is 9.77. The van der Waals surface area contributed by atoms with E-state index in [1.165, 1.54) is 0 Å². The molecule has 0 unspecified atom stereocenters. The van der Waals surface area contributed by atoms with Crippen LogP contribution in [-0.2, 0) is 25.2 Å². The Labute approximate surface area is 165 Å². The molecule has 0 saturated heterocycles. The zero-order valence-electron chi connectivity index (χ0n) is 10.6. The normalized spacial score (nSPS) is 7.78. The topological polar surface area (TPSA) is 9.23 Å². The molecular weight excluding hydrogens is 576 g/mol. The second-order valence-corrected chi connectivity index (χ2v) is 11.8. The quantitative estimate of drug-likeness (QED) is 0.294. The van der Waals surface area contributed by atoms with Gasteiger partial charge in [-0.1, -0.05) is 11.4 Å². The van der Waals surface area contributed by atoms with E-state index in [4.69, 9.17) is 4.12 Å². The molecule has 0 radical (unpaired) electrons. The van der Waals surface area contributed by atoms with Gasteiger partial charge >= 0.3 is 21.1 Å². The van der Waals surface area contributed by atoms with Gasteiger partial charge in [-0.05, 0) is 26.2 Å². The third-order valence-corrected chi connectivity index (χ3v) is 7.68. The molecule has 0 rings (SSSR count). The average molecular weight is 596 g/mol. The number of hydrogen-bond donors (Lipinski definition) is 0. The van der Waals surface area contributed by atoms with Gasteiger partial charge in [-0.25, -0.2) is 0 Å². The Morgan fingerprint density at radius 2 is 0.889 bits per heavy atom. The van der Waals surface area contributed by atoms with Crippen molar-refractivity contribution < 1.29 is 74.8 Å². The van der Waals surface area contributed by atoms with Crippen molar-refractivity contribution in [1.29, 1.82) is 0 Å². The van der Waals surface area contributed by atoms with Gasteiger partial charge in [0.15, 0.2) is 16.6 Å². The predicted octanol–water partition coefficient (Wildman–Crippen LogP) is -8.28. The van der Waals surface area contributed by atoms with Gasteiger partial charge < -0.3 is 53.7 Å². The van der Waals surface area contributed by atoms with Crippen molar-refractivity contribution in [2.45, 2.75) is 26.2 Å². The minimum Gasteiger partial charge on any atom is -1.00 e. The average Bonchev–Trinajstić information content (AvgIpc) is 1.86. The minimum absolute atomic E-state index is 0. The molecule has 118 valence electrons. The predicted molar refractivity (Wildman–Crippen MR) is 70.9 cm³/mol. The van der Waals surface area contributed by atoms with Crippen LogP contribution in [0.25, 0.3) is 0 Å². The van der Waals surface area contributed by atoms with E-state index < -0.39 is 16.6 Å². The van der Waals surface area contributed by atoms with E-state index in [9.17, 15) is 0 Å². The second-order valence-electron chi connectivity index (χ2n) is 3.72. The monoisotopic (exact) mass is 593 g/mol. The SMILES string of the molecule is C=C[Si](C)(C)O[Si](C)(C)C=C.Cl.Cl.[Cl-].[Cl-].[Cl-].[Cl-].[Pt+4]. The van der Waals surface area contributed by atoms with Gasteiger partial charge in [0.25, 0.3) is 0 Å². The Morgan fingerprint density at radius 3 is 1.00 bits per heavy atom. The third-order valence-electron chi connectivity index (χ3n) is 1.51. The van der Waals surface area contributed by atoms with Gasteiger partial charge in [-0.15, -0.1) is 38.0 Å². The fourth-order valence-corrected chi connectivity index (χ4v) is 6.85. The molecule has 0 aromatic carbocycles. The van der Waals surface area contributed by atoms with E-state index in [0.29, 0.717) is 0 Å². The van der Waals surface area contributed by atoms with E-state index in [0.717, 1.165) is 0 Å². The summed E-state index contributed by atoms with van der Waals surface area (Å²) in [4.78, 5) is 0. The summed E-state index contributed by atoms with van der Waals surface area (Å²) in [6.45, 7) is 16.2. The first-order chi connectivity index (χ1) is 4.83. The molecule has 18 heavy (non-hydrogen) atoms. The number of hydrogen-bond acceptors (Lipinski definition) is 1. The van der Waals surface area contributed by atoms with Gasteiger partial charge in [0, 0.05) is 0 Å². The first kappa shape index (κ1) is 50.0. The van der Waals surface area contributed by atoms with Gasteiger partial charge in [0.1, 0.15) is 0 Å². The molecule has 0 heterocycles. The second kappa shape index (κ2) is 21.6. The van der Waals surface area contributed by atoms with Gasteiger partial charge in [-0.2, -0.15) is 0 Å². The summed E-state index contributed by atoms with van der Waals surface area (Å²) in [5.41, 5.74) is 3.93. The van der Waals surface area contributed by atoms with E-state index in [-0.39, 0.29) is 95.5 Å².